The smallest absolute Gasteiger partial charge is 0.271 e. The van der Waals surface area contributed by atoms with Crippen LogP contribution in [0.15, 0.2) is 43.0 Å². The van der Waals surface area contributed by atoms with Gasteiger partial charge in [-0.1, -0.05) is 0 Å². The van der Waals surface area contributed by atoms with Crippen molar-refractivity contribution in [3.8, 4) is 22.4 Å². The van der Waals surface area contributed by atoms with Gasteiger partial charge in [0.25, 0.3) is 6.43 Å². The third-order valence-electron chi connectivity index (χ3n) is 4.02. The summed E-state index contributed by atoms with van der Waals surface area (Å²) in [5, 5.41) is 7.80. The normalized spacial score (nSPS) is 11.5. The number of rotatable bonds is 3. The zero-order chi connectivity index (χ0) is 19.1. The Hall–Kier alpha value is -3.36. The molecule has 0 bridgehead atoms. The fraction of sp³-hybridized carbons (Fsp3) is 0.111. The van der Waals surface area contributed by atoms with Gasteiger partial charge in [-0.2, -0.15) is 0 Å². The SMILES string of the molecule is Cc1cc(-c2c(-c3ccc(F)cc3F)ncn3cnnc23)cc(C(F)F)n1. The van der Waals surface area contributed by atoms with Crippen molar-refractivity contribution in [3.05, 3.63) is 66.0 Å². The molecule has 0 fully saturated rings. The van der Waals surface area contributed by atoms with Gasteiger partial charge in [0.2, 0.25) is 0 Å². The van der Waals surface area contributed by atoms with E-state index in [0.29, 0.717) is 22.5 Å². The van der Waals surface area contributed by atoms with E-state index in [-0.39, 0.29) is 11.3 Å². The van der Waals surface area contributed by atoms with Gasteiger partial charge in [0.15, 0.2) is 5.65 Å². The minimum absolute atomic E-state index is 0.0185. The fourth-order valence-electron chi connectivity index (χ4n) is 2.90. The van der Waals surface area contributed by atoms with Crippen molar-refractivity contribution in [2.75, 3.05) is 0 Å². The van der Waals surface area contributed by atoms with Crippen LogP contribution in [0.25, 0.3) is 28.0 Å². The van der Waals surface area contributed by atoms with Gasteiger partial charge < -0.3 is 0 Å². The standard InChI is InChI=1S/C18H11F4N5/c1-9-4-10(5-14(25-9)17(21)22)15-16(12-3-2-11(19)6-13(12)20)23-7-27-8-24-26-18(15)27/h2-8,17H,1H3. The Labute approximate surface area is 150 Å². The van der Waals surface area contributed by atoms with Crippen molar-refractivity contribution in [1.29, 1.82) is 0 Å². The summed E-state index contributed by atoms with van der Waals surface area (Å²) in [5.41, 5.74) is 1.03. The number of nitrogens with zero attached hydrogens (tertiary/aromatic N) is 5. The molecule has 0 aliphatic heterocycles. The van der Waals surface area contributed by atoms with E-state index >= 15 is 0 Å². The minimum atomic E-state index is -2.78. The Bertz CT molecular complexity index is 1160. The van der Waals surface area contributed by atoms with Crippen molar-refractivity contribution < 1.29 is 17.6 Å². The summed E-state index contributed by atoms with van der Waals surface area (Å²) < 4.78 is 55.6. The number of hydrogen-bond donors (Lipinski definition) is 0. The highest BCUT2D eigenvalue weighted by atomic mass is 19.3. The molecule has 0 spiro atoms. The van der Waals surface area contributed by atoms with E-state index in [0.717, 1.165) is 12.1 Å². The average molecular weight is 373 g/mol. The molecule has 0 amide bonds. The summed E-state index contributed by atoms with van der Waals surface area (Å²) >= 11 is 0. The predicted octanol–water partition coefficient (Wildman–Crippen LogP) is 4.38. The molecule has 9 heteroatoms. The first-order valence-corrected chi connectivity index (χ1v) is 7.85. The van der Waals surface area contributed by atoms with E-state index in [9.17, 15) is 17.6 Å². The van der Waals surface area contributed by atoms with E-state index in [4.69, 9.17) is 0 Å². The summed E-state index contributed by atoms with van der Waals surface area (Å²) in [6.45, 7) is 1.57. The molecular formula is C18H11F4N5. The summed E-state index contributed by atoms with van der Waals surface area (Å²) in [4.78, 5) is 8.05. The molecule has 0 N–H and O–H groups in total. The number of hydrogen-bond acceptors (Lipinski definition) is 4. The third kappa shape index (κ3) is 3.01. The topological polar surface area (TPSA) is 56.0 Å². The first kappa shape index (κ1) is 17.1. The largest absolute Gasteiger partial charge is 0.280 e. The lowest BCUT2D eigenvalue weighted by Crippen LogP contribution is -2.00. The van der Waals surface area contributed by atoms with Crippen LogP contribution in [0.4, 0.5) is 17.6 Å². The van der Waals surface area contributed by atoms with Crippen LogP contribution in [-0.2, 0) is 0 Å². The van der Waals surface area contributed by atoms with Crippen LogP contribution in [0.1, 0.15) is 17.8 Å². The van der Waals surface area contributed by atoms with E-state index in [1.54, 1.807) is 13.0 Å². The maximum absolute atomic E-state index is 14.4. The highest BCUT2D eigenvalue weighted by Gasteiger charge is 2.21. The van der Waals surface area contributed by atoms with E-state index in [1.807, 2.05) is 0 Å². The molecule has 3 heterocycles. The fourth-order valence-corrected chi connectivity index (χ4v) is 2.90. The Morgan fingerprint density at radius 2 is 1.85 bits per heavy atom. The summed E-state index contributed by atoms with van der Waals surface area (Å²) in [6, 6.07) is 5.85. The second kappa shape index (κ2) is 6.42. The van der Waals surface area contributed by atoms with Crippen molar-refractivity contribution >= 4 is 5.65 Å². The third-order valence-corrected chi connectivity index (χ3v) is 4.02. The Balaban J connectivity index is 2.06. The first-order valence-electron chi connectivity index (χ1n) is 7.85. The predicted molar refractivity (Wildman–Crippen MR) is 89.1 cm³/mol. The molecule has 0 aliphatic carbocycles. The Morgan fingerprint density at radius 3 is 2.59 bits per heavy atom. The molecule has 4 aromatic rings. The lowest BCUT2D eigenvalue weighted by atomic mass is 9.99. The van der Waals surface area contributed by atoms with Crippen LogP contribution in [-0.4, -0.2) is 24.6 Å². The summed E-state index contributed by atoms with van der Waals surface area (Å²) in [6.07, 6.45) is -0.0159. The molecule has 0 radical (unpaired) electrons. The molecule has 0 aliphatic rings. The average Bonchev–Trinajstić information content (AvgIpc) is 3.09. The molecule has 3 aromatic heterocycles. The van der Waals surface area contributed by atoms with Gasteiger partial charge in [0.05, 0.1) is 11.3 Å². The zero-order valence-corrected chi connectivity index (χ0v) is 13.9. The Kier molecular flexibility index (Phi) is 4.06. The van der Waals surface area contributed by atoms with Gasteiger partial charge in [-0.3, -0.25) is 9.38 Å². The number of aryl methyl sites for hydroxylation is 1. The summed E-state index contributed by atoms with van der Waals surface area (Å²) in [7, 11) is 0. The van der Waals surface area contributed by atoms with E-state index in [1.165, 1.54) is 29.2 Å². The number of halogens is 4. The zero-order valence-electron chi connectivity index (χ0n) is 13.9. The highest BCUT2D eigenvalue weighted by Crippen LogP contribution is 2.36. The van der Waals surface area contributed by atoms with E-state index < -0.39 is 23.8 Å². The maximum atomic E-state index is 14.4. The molecule has 4 rings (SSSR count). The van der Waals surface area contributed by atoms with Gasteiger partial charge in [0.1, 0.15) is 30.0 Å². The second-order valence-corrected chi connectivity index (χ2v) is 5.88. The van der Waals surface area contributed by atoms with Crippen LogP contribution in [0, 0.1) is 18.6 Å². The molecule has 0 saturated carbocycles. The monoisotopic (exact) mass is 373 g/mol. The Morgan fingerprint density at radius 1 is 1.04 bits per heavy atom. The molecule has 136 valence electrons. The molecule has 1 aromatic carbocycles. The lowest BCUT2D eigenvalue weighted by molar-refractivity contribution is 0.146. The van der Waals surface area contributed by atoms with Crippen LogP contribution >= 0.6 is 0 Å². The van der Waals surface area contributed by atoms with Gasteiger partial charge >= 0.3 is 0 Å². The van der Waals surface area contributed by atoms with Crippen LogP contribution in [0.3, 0.4) is 0 Å². The molecule has 27 heavy (non-hydrogen) atoms. The van der Waals surface area contributed by atoms with Crippen LogP contribution in [0.5, 0.6) is 0 Å². The van der Waals surface area contributed by atoms with Crippen molar-refractivity contribution in [2.45, 2.75) is 13.3 Å². The molecule has 0 saturated heterocycles. The van der Waals surface area contributed by atoms with Crippen LogP contribution < -0.4 is 0 Å². The summed E-state index contributed by atoms with van der Waals surface area (Å²) in [5.74, 6) is -1.56. The highest BCUT2D eigenvalue weighted by molar-refractivity contribution is 5.89. The number of benzene rings is 1. The molecule has 5 nitrogen and oxygen atoms in total. The van der Waals surface area contributed by atoms with Gasteiger partial charge in [-0.15, -0.1) is 10.2 Å². The van der Waals surface area contributed by atoms with Crippen molar-refractivity contribution in [2.24, 2.45) is 0 Å². The minimum Gasteiger partial charge on any atom is -0.271 e. The molecular weight excluding hydrogens is 362 g/mol. The van der Waals surface area contributed by atoms with E-state index in [2.05, 4.69) is 20.2 Å². The quantitative estimate of drug-likeness (QED) is 0.500. The number of fused-ring (bicyclic) bond motifs is 1. The molecule has 0 atom stereocenters. The van der Waals surface area contributed by atoms with Gasteiger partial charge in [-0.05, 0) is 36.8 Å². The number of pyridine rings is 1. The number of aromatic nitrogens is 5. The lowest BCUT2D eigenvalue weighted by Gasteiger charge is -2.13. The number of alkyl halides is 2. The van der Waals surface area contributed by atoms with Gasteiger partial charge in [-0.25, -0.2) is 22.5 Å². The van der Waals surface area contributed by atoms with Crippen molar-refractivity contribution in [3.63, 3.8) is 0 Å². The van der Waals surface area contributed by atoms with Crippen LogP contribution in [0.2, 0.25) is 0 Å². The van der Waals surface area contributed by atoms with Gasteiger partial charge in [0, 0.05) is 17.3 Å². The first-order chi connectivity index (χ1) is 12.9. The maximum Gasteiger partial charge on any atom is 0.280 e. The second-order valence-electron chi connectivity index (χ2n) is 5.88. The van der Waals surface area contributed by atoms with Crippen molar-refractivity contribution in [1.82, 2.24) is 24.6 Å². The molecule has 0 unspecified atom stereocenters.